The number of halogens is 2. The Hall–Kier alpha value is -1.71. The number of hydrogen-bond acceptors (Lipinski definition) is 2. The molecule has 3 N–H and O–H groups in total. The zero-order chi connectivity index (χ0) is 14.0. The van der Waals surface area contributed by atoms with Gasteiger partial charge in [-0.15, -0.1) is 0 Å². The standard InChI is InChI=1S/C14H12Cl2N2O/c1-8-5-6-9(17)7-12(8)18-14(19)10-3-2-4-11(15)13(10)16/h2-7H,17H2,1H3,(H,18,19). The molecule has 0 aliphatic rings. The predicted octanol–water partition coefficient (Wildman–Crippen LogP) is 4.14. The Bertz CT molecular complexity index is 641. The molecule has 0 unspecified atom stereocenters. The van der Waals surface area contributed by atoms with Crippen LogP contribution in [0.4, 0.5) is 11.4 Å². The molecule has 0 saturated carbocycles. The number of nitrogens with one attached hydrogen (secondary N) is 1. The number of carbonyl (C=O) groups excluding carboxylic acids is 1. The van der Waals surface area contributed by atoms with E-state index >= 15 is 0 Å². The number of anilines is 2. The second-order valence-electron chi connectivity index (χ2n) is 4.13. The molecule has 0 heterocycles. The van der Waals surface area contributed by atoms with Crippen LogP contribution in [0.5, 0.6) is 0 Å². The molecular weight excluding hydrogens is 283 g/mol. The fraction of sp³-hybridized carbons (Fsp3) is 0.0714. The maximum atomic E-state index is 12.2. The van der Waals surface area contributed by atoms with Crippen molar-refractivity contribution in [3.63, 3.8) is 0 Å². The zero-order valence-corrected chi connectivity index (χ0v) is 11.7. The first-order valence-electron chi connectivity index (χ1n) is 5.60. The van der Waals surface area contributed by atoms with Crippen LogP contribution >= 0.6 is 23.2 Å². The third kappa shape index (κ3) is 3.00. The Kier molecular flexibility index (Phi) is 3.98. The van der Waals surface area contributed by atoms with Gasteiger partial charge in [0.1, 0.15) is 0 Å². The molecule has 2 aromatic carbocycles. The summed E-state index contributed by atoms with van der Waals surface area (Å²) < 4.78 is 0. The minimum absolute atomic E-state index is 0.239. The number of amides is 1. The van der Waals surface area contributed by atoms with E-state index in [4.69, 9.17) is 28.9 Å². The largest absolute Gasteiger partial charge is 0.399 e. The number of carbonyl (C=O) groups is 1. The van der Waals surface area contributed by atoms with Crippen molar-refractivity contribution in [3.05, 3.63) is 57.6 Å². The highest BCUT2D eigenvalue weighted by Gasteiger charge is 2.13. The van der Waals surface area contributed by atoms with Gasteiger partial charge < -0.3 is 11.1 Å². The summed E-state index contributed by atoms with van der Waals surface area (Å²) in [5.41, 5.74) is 8.18. The van der Waals surface area contributed by atoms with Crippen LogP contribution in [0, 0.1) is 6.92 Å². The lowest BCUT2D eigenvalue weighted by molar-refractivity contribution is 0.102. The van der Waals surface area contributed by atoms with Crippen molar-refractivity contribution in [2.75, 3.05) is 11.1 Å². The van der Waals surface area contributed by atoms with Crippen LogP contribution in [-0.4, -0.2) is 5.91 Å². The Balaban J connectivity index is 2.31. The monoisotopic (exact) mass is 294 g/mol. The smallest absolute Gasteiger partial charge is 0.257 e. The van der Waals surface area contributed by atoms with Gasteiger partial charge in [-0.1, -0.05) is 35.3 Å². The maximum Gasteiger partial charge on any atom is 0.257 e. The second kappa shape index (κ2) is 5.51. The van der Waals surface area contributed by atoms with Crippen LogP contribution in [0.1, 0.15) is 15.9 Å². The summed E-state index contributed by atoms with van der Waals surface area (Å²) in [4.78, 5) is 12.2. The molecule has 0 spiro atoms. The third-order valence-corrected chi connectivity index (χ3v) is 3.52. The summed E-state index contributed by atoms with van der Waals surface area (Å²) in [5.74, 6) is -0.318. The van der Waals surface area contributed by atoms with Crippen molar-refractivity contribution in [2.45, 2.75) is 6.92 Å². The summed E-state index contributed by atoms with van der Waals surface area (Å²) in [6.07, 6.45) is 0. The van der Waals surface area contributed by atoms with Gasteiger partial charge in [0.2, 0.25) is 0 Å². The molecular formula is C14H12Cl2N2O. The minimum atomic E-state index is -0.318. The summed E-state index contributed by atoms with van der Waals surface area (Å²) in [6, 6.07) is 10.2. The fourth-order valence-electron chi connectivity index (χ4n) is 1.64. The van der Waals surface area contributed by atoms with Gasteiger partial charge in [-0.25, -0.2) is 0 Å². The van der Waals surface area contributed by atoms with Gasteiger partial charge in [-0.2, -0.15) is 0 Å². The highest BCUT2D eigenvalue weighted by atomic mass is 35.5. The number of benzene rings is 2. The van der Waals surface area contributed by atoms with Crippen LogP contribution in [-0.2, 0) is 0 Å². The summed E-state index contributed by atoms with van der Waals surface area (Å²) in [5, 5.41) is 3.36. The molecule has 0 aromatic heterocycles. The lowest BCUT2D eigenvalue weighted by Crippen LogP contribution is -2.13. The van der Waals surface area contributed by atoms with Gasteiger partial charge in [0, 0.05) is 11.4 Å². The third-order valence-electron chi connectivity index (χ3n) is 2.71. The Morgan fingerprint density at radius 3 is 2.68 bits per heavy atom. The average molecular weight is 295 g/mol. The van der Waals surface area contributed by atoms with Crippen LogP contribution in [0.25, 0.3) is 0 Å². The number of aryl methyl sites for hydroxylation is 1. The van der Waals surface area contributed by atoms with E-state index in [9.17, 15) is 4.79 Å². The molecule has 5 heteroatoms. The Labute approximate surface area is 121 Å². The van der Waals surface area contributed by atoms with E-state index in [1.165, 1.54) is 0 Å². The van der Waals surface area contributed by atoms with Gasteiger partial charge >= 0.3 is 0 Å². The first-order valence-corrected chi connectivity index (χ1v) is 6.36. The van der Waals surface area contributed by atoms with Crippen molar-refractivity contribution < 1.29 is 4.79 Å². The quantitative estimate of drug-likeness (QED) is 0.818. The van der Waals surface area contributed by atoms with E-state index in [1.807, 2.05) is 13.0 Å². The van der Waals surface area contributed by atoms with Gasteiger partial charge in [0.25, 0.3) is 5.91 Å². The molecule has 0 fully saturated rings. The van der Waals surface area contributed by atoms with E-state index in [2.05, 4.69) is 5.32 Å². The summed E-state index contributed by atoms with van der Waals surface area (Å²) in [7, 11) is 0. The van der Waals surface area contributed by atoms with Crippen molar-refractivity contribution in [2.24, 2.45) is 0 Å². The van der Waals surface area contributed by atoms with Gasteiger partial charge in [-0.05, 0) is 36.8 Å². The van der Waals surface area contributed by atoms with Gasteiger partial charge in [0.05, 0.1) is 15.6 Å². The molecule has 19 heavy (non-hydrogen) atoms. The van der Waals surface area contributed by atoms with Gasteiger partial charge in [-0.3, -0.25) is 4.79 Å². The maximum absolute atomic E-state index is 12.2. The number of nitrogens with two attached hydrogens (primary N) is 1. The second-order valence-corrected chi connectivity index (χ2v) is 4.92. The molecule has 3 nitrogen and oxygen atoms in total. The SMILES string of the molecule is Cc1ccc(N)cc1NC(=O)c1cccc(Cl)c1Cl. The van der Waals surface area contributed by atoms with Crippen LogP contribution in [0.2, 0.25) is 10.0 Å². The minimum Gasteiger partial charge on any atom is -0.399 e. The van der Waals surface area contributed by atoms with E-state index in [0.29, 0.717) is 22.0 Å². The molecule has 0 aliphatic carbocycles. The van der Waals surface area contributed by atoms with E-state index in [-0.39, 0.29) is 10.9 Å². The summed E-state index contributed by atoms with van der Waals surface area (Å²) >= 11 is 11.9. The first-order chi connectivity index (χ1) is 8.99. The van der Waals surface area contributed by atoms with Crippen molar-refractivity contribution in [1.82, 2.24) is 0 Å². The molecule has 2 aromatic rings. The number of nitrogen functional groups attached to an aromatic ring is 1. The fourth-order valence-corrected chi connectivity index (χ4v) is 2.03. The number of rotatable bonds is 2. The molecule has 1 amide bonds. The molecule has 98 valence electrons. The van der Waals surface area contributed by atoms with Gasteiger partial charge in [0.15, 0.2) is 0 Å². The van der Waals surface area contributed by atoms with E-state index < -0.39 is 0 Å². The highest BCUT2D eigenvalue weighted by molar-refractivity contribution is 6.44. The lowest BCUT2D eigenvalue weighted by atomic mass is 10.1. The van der Waals surface area contributed by atoms with Crippen LogP contribution < -0.4 is 11.1 Å². The molecule has 2 rings (SSSR count). The lowest BCUT2D eigenvalue weighted by Gasteiger charge is -2.10. The van der Waals surface area contributed by atoms with Crippen molar-refractivity contribution in [1.29, 1.82) is 0 Å². The van der Waals surface area contributed by atoms with E-state index in [1.54, 1.807) is 30.3 Å². The van der Waals surface area contributed by atoms with Crippen LogP contribution in [0.3, 0.4) is 0 Å². The summed E-state index contributed by atoms with van der Waals surface area (Å²) in [6.45, 7) is 1.88. The molecule has 0 radical (unpaired) electrons. The predicted molar refractivity (Wildman–Crippen MR) is 80.0 cm³/mol. The Morgan fingerprint density at radius 2 is 1.95 bits per heavy atom. The van der Waals surface area contributed by atoms with Crippen molar-refractivity contribution in [3.8, 4) is 0 Å². The number of hydrogen-bond donors (Lipinski definition) is 2. The Morgan fingerprint density at radius 1 is 1.21 bits per heavy atom. The topological polar surface area (TPSA) is 55.1 Å². The van der Waals surface area contributed by atoms with E-state index in [0.717, 1.165) is 5.56 Å². The zero-order valence-electron chi connectivity index (χ0n) is 10.2. The first kappa shape index (κ1) is 13.7. The molecule has 0 saturated heterocycles. The van der Waals surface area contributed by atoms with Crippen molar-refractivity contribution >= 4 is 40.5 Å². The van der Waals surface area contributed by atoms with Crippen LogP contribution in [0.15, 0.2) is 36.4 Å². The highest BCUT2D eigenvalue weighted by Crippen LogP contribution is 2.27. The molecule has 0 bridgehead atoms. The average Bonchev–Trinajstić information content (AvgIpc) is 2.37. The molecule has 0 atom stereocenters. The normalized spacial score (nSPS) is 10.3. The molecule has 0 aliphatic heterocycles.